The number of imide groups is 1. The summed E-state index contributed by atoms with van der Waals surface area (Å²) >= 11 is 0. The van der Waals surface area contributed by atoms with Crippen LogP contribution in [-0.2, 0) is 4.79 Å². The molecule has 2 aliphatic heterocycles. The van der Waals surface area contributed by atoms with Crippen LogP contribution in [0, 0.1) is 5.92 Å². The summed E-state index contributed by atoms with van der Waals surface area (Å²) < 4.78 is 0. The summed E-state index contributed by atoms with van der Waals surface area (Å²) in [5.74, 6) is -0.518. The number of nitrogens with two attached hydrogens (primary N) is 1. The lowest BCUT2D eigenvalue weighted by molar-refractivity contribution is -0.125. The number of nitrogen functional groups attached to an aromatic ring is 1. The first kappa shape index (κ1) is 17.7. The number of rotatable bonds is 1. The van der Waals surface area contributed by atoms with E-state index in [9.17, 15) is 14.4 Å². The molecule has 6 heteroatoms. The Hall–Kier alpha value is -2.63. The molecule has 2 aliphatic rings. The van der Waals surface area contributed by atoms with E-state index in [0.717, 1.165) is 10.8 Å². The molecule has 3 amide bonds. The van der Waals surface area contributed by atoms with Gasteiger partial charge in [-0.15, -0.1) is 0 Å². The fourth-order valence-electron chi connectivity index (χ4n) is 2.62. The third-order valence-corrected chi connectivity index (χ3v) is 3.61. The lowest BCUT2D eigenvalue weighted by Crippen LogP contribution is -2.51. The van der Waals surface area contributed by atoms with Crippen LogP contribution in [0.4, 0.5) is 5.69 Å². The zero-order valence-corrected chi connectivity index (χ0v) is 14.3. The van der Waals surface area contributed by atoms with E-state index in [4.69, 9.17) is 5.73 Å². The summed E-state index contributed by atoms with van der Waals surface area (Å²) in [6.45, 7) is 10.2. The van der Waals surface area contributed by atoms with E-state index in [-0.39, 0.29) is 22.7 Å². The number of amides is 3. The maximum Gasteiger partial charge on any atom is 0.264 e. The van der Waals surface area contributed by atoms with Gasteiger partial charge in [0.25, 0.3) is 11.8 Å². The van der Waals surface area contributed by atoms with Gasteiger partial charge in [0.05, 0.1) is 11.1 Å². The van der Waals surface area contributed by atoms with Crippen LogP contribution in [0.3, 0.4) is 0 Å². The molecule has 1 aromatic carbocycles. The minimum absolute atomic E-state index is 0.190. The molecule has 3 N–H and O–H groups in total. The number of nitrogens with zero attached hydrogens (tertiary/aromatic N) is 1. The van der Waals surface area contributed by atoms with Gasteiger partial charge in [-0.05, 0) is 30.9 Å². The lowest BCUT2D eigenvalue weighted by Gasteiger charge is -2.29. The molecule has 6 nitrogen and oxygen atoms in total. The van der Waals surface area contributed by atoms with Crippen LogP contribution >= 0.6 is 0 Å². The zero-order valence-electron chi connectivity index (χ0n) is 14.3. The number of nitrogens with one attached hydrogen (secondary N) is 1. The molecule has 1 aromatic rings. The molecule has 1 fully saturated rings. The topological polar surface area (TPSA) is 92.5 Å². The van der Waals surface area contributed by atoms with Crippen molar-refractivity contribution in [2.75, 3.05) is 5.73 Å². The normalized spacial score (nSPS) is 19.8. The molecular weight excluding hydrogens is 306 g/mol. The van der Waals surface area contributed by atoms with Crippen LogP contribution in [-0.4, -0.2) is 28.7 Å². The van der Waals surface area contributed by atoms with Crippen molar-refractivity contribution in [2.24, 2.45) is 5.92 Å². The SMILES string of the molecule is C=C1CCC(N2C(=O)c3cccc(N)c3C2=O)C(=O)N1.CC(C)C. The van der Waals surface area contributed by atoms with E-state index in [1.807, 2.05) is 0 Å². The monoisotopic (exact) mass is 329 g/mol. The maximum absolute atomic E-state index is 12.4. The Balaban J connectivity index is 0.000000471. The molecule has 1 unspecified atom stereocenters. The highest BCUT2D eigenvalue weighted by atomic mass is 16.2. The van der Waals surface area contributed by atoms with Gasteiger partial charge in [-0.2, -0.15) is 0 Å². The van der Waals surface area contributed by atoms with Crippen LogP contribution in [0.1, 0.15) is 54.3 Å². The van der Waals surface area contributed by atoms with Crippen molar-refractivity contribution in [3.8, 4) is 0 Å². The highest BCUT2D eigenvalue weighted by molar-refractivity contribution is 6.25. The van der Waals surface area contributed by atoms with Crippen molar-refractivity contribution in [1.82, 2.24) is 10.2 Å². The van der Waals surface area contributed by atoms with Crippen molar-refractivity contribution in [2.45, 2.75) is 39.7 Å². The molecule has 24 heavy (non-hydrogen) atoms. The standard InChI is InChI=1S/C14H13N3O3.C4H10/c1-7-5-6-10(12(18)16-7)17-13(19)8-3-2-4-9(15)11(8)14(17)20;1-4(2)3/h2-4,10H,1,5-6,15H2,(H,16,18);4H,1-3H3. The van der Waals surface area contributed by atoms with Gasteiger partial charge in [-0.25, -0.2) is 0 Å². The highest BCUT2D eigenvalue weighted by Gasteiger charge is 2.44. The molecule has 128 valence electrons. The number of allylic oxidation sites excluding steroid dienone is 1. The smallest absolute Gasteiger partial charge is 0.264 e. The van der Waals surface area contributed by atoms with Gasteiger partial charge in [0.2, 0.25) is 5.91 Å². The Morgan fingerprint density at radius 2 is 1.83 bits per heavy atom. The minimum atomic E-state index is -0.799. The summed E-state index contributed by atoms with van der Waals surface area (Å²) in [5, 5.41) is 2.58. The first-order chi connectivity index (χ1) is 11.2. The summed E-state index contributed by atoms with van der Waals surface area (Å²) in [7, 11) is 0. The average Bonchev–Trinajstić information content (AvgIpc) is 2.72. The molecule has 0 aromatic heterocycles. The van der Waals surface area contributed by atoms with Gasteiger partial charge in [0.1, 0.15) is 6.04 Å². The maximum atomic E-state index is 12.4. The van der Waals surface area contributed by atoms with Gasteiger partial charge < -0.3 is 11.1 Å². The second kappa shape index (κ2) is 6.86. The number of carbonyl (C=O) groups is 3. The van der Waals surface area contributed by atoms with Gasteiger partial charge >= 0.3 is 0 Å². The third kappa shape index (κ3) is 3.32. The van der Waals surface area contributed by atoms with Crippen molar-refractivity contribution >= 4 is 23.4 Å². The number of carbonyl (C=O) groups excluding carboxylic acids is 3. The predicted molar refractivity (Wildman–Crippen MR) is 92.2 cm³/mol. The molecule has 0 aliphatic carbocycles. The van der Waals surface area contributed by atoms with Crippen molar-refractivity contribution in [3.05, 3.63) is 41.6 Å². The minimum Gasteiger partial charge on any atom is -0.398 e. The molecule has 0 saturated carbocycles. The number of benzene rings is 1. The second-order valence-electron chi connectivity index (χ2n) is 6.63. The predicted octanol–water partition coefficient (Wildman–Crippen LogP) is 2.32. The van der Waals surface area contributed by atoms with E-state index in [0.29, 0.717) is 18.5 Å². The number of anilines is 1. The number of hydrogen-bond donors (Lipinski definition) is 2. The zero-order chi connectivity index (χ0) is 18.0. The summed E-state index contributed by atoms with van der Waals surface area (Å²) in [6.07, 6.45) is 0.926. The summed E-state index contributed by atoms with van der Waals surface area (Å²) in [4.78, 5) is 37.7. The van der Waals surface area contributed by atoms with Crippen molar-refractivity contribution in [1.29, 1.82) is 0 Å². The van der Waals surface area contributed by atoms with E-state index < -0.39 is 17.9 Å². The van der Waals surface area contributed by atoms with E-state index >= 15 is 0 Å². The largest absolute Gasteiger partial charge is 0.398 e. The number of piperidine rings is 1. The fraction of sp³-hybridized carbons (Fsp3) is 0.389. The molecule has 3 rings (SSSR count). The Morgan fingerprint density at radius 3 is 2.38 bits per heavy atom. The molecule has 0 spiro atoms. The molecule has 0 radical (unpaired) electrons. The van der Waals surface area contributed by atoms with Gasteiger partial charge in [-0.1, -0.05) is 33.4 Å². The quantitative estimate of drug-likeness (QED) is 0.611. The third-order valence-electron chi connectivity index (χ3n) is 3.61. The van der Waals surface area contributed by atoms with Gasteiger partial charge in [0, 0.05) is 11.4 Å². The molecule has 1 atom stereocenters. The Bertz CT molecular complexity index is 707. The number of fused-ring (bicyclic) bond motifs is 1. The van der Waals surface area contributed by atoms with Crippen molar-refractivity contribution in [3.63, 3.8) is 0 Å². The second-order valence-corrected chi connectivity index (χ2v) is 6.63. The molecule has 1 saturated heterocycles. The Labute approximate surface area is 141 Å². The lowest BCUT2D eigenvalue weighted by atomic mass is 10.0. The number of hydrogen-bond acceptors (Lipinski definition) is 4. The van der Waals surface area contributed by atoms with Crippen LogP contribution in [0.15, 0.2) is 30.5 Å². The van der Waals surface area contributed by atoms with E-state index in [2.05, 4.69) is 32.7 Å². The van der Waals surface area contributed by atoms with E-state index in [1.54, 1.807) is 18.2 Å². The Kier molecular flexibility index (Phi) is 5.07. The van der Waals surface area contributed by atoms with Crippen LogP contribution < -0.4 is 11.1 Å². The van der Waals surface area contributed by atoms with Gasteiger partial charge in [0.15, 0.2) is 0 Å². The molecular formula is C18H23N3O3. The fourth-order valence-corrected chi connectivity index (χ4v) is 2.62. The van der Waals surface area contributed by atoms with E-state index in [1.165, 1.54) is 0 Å². The Morgan fingerprint density at radius 1 is 1.21 bits per heavy atom. The van der Waals surface area contributed by atoms with Crippen molar-refractivity contribution < 1.29 is 14.4 Å². The summed E-state index contributed by atoms with van der Waals surface area (Å²) in [5.41, 5.74) is 7.06. The average molecular weight is 329 g/mol. The van der Waals surface area contributed by atoms with Crippen LogP contribution in [0.2, 0.25) is 0 Å². The molecule has 0 bridgehead atoms. The summed E-state index contributed by atoms with van der Waals surface area (Å²) in [6, 6.07) is 3.93. The van der Waals surface area contributed by atoms with Crippen LogP contribution in [0.5, 0.6) is 0 Å². The highest BCUT2D eigenvalue weighted by Crippen LogP contribution is 2.31. The molecule has 2 heterocycles. The van der Waals surface area contributed by atoms with Gasteiger partial charge in [-0.3, -0.25) is 19.3 Å². The van der Waals surface area contributed by atoms with Crippen LogP contribution in [0.25, 0.3) is 0 Å². The first-order valence-corrected chi connectivity index (χ1v) is 7.99. The first-order valence-electron chi connectivity index (χ1n) is 7.99.